The lowest BCUT2D eigenvalue weighted by Crippen LogP contribution is -2.19. The summed E-state index contributed by atoms with van der Waals surface area (Å²) in [7, 11) is 0. The van der Waals surface area contributed by atoms with Crippen LogP contribution in [0.3, 0.4) is 0 Å². The number of amides is 1. The first-order chi connectivity index (χ1) is 17.1. The van der Waals surface area contributed by atoms with Gasteiger partial charge in [-0.1, -0.05) is 71.7 Å². The van der Waals surface area contributed by atoms with Gasteiger partial charge < -0.3 is 4.42 Å². The molecule has 5 rings (SSSR count). The molecule has 2 heterocycles. The van der Waals surface area contributed by atoms with Gasteiger partial charge in [-0.2, -0.15) is 5.10 Å². The van der Waals surface area contributed by atoms with Gasteiger partial charge in [0.2, 0.25) is 5.82 Å². The van der Waals surface area contributed by atoms with Crippen LogP contribution >= 0.6 is 23.2 Å². The van der Waals surface area contributed by atoms with E-state index in [1.165, 1.54) is 6.21 Å². The van der Waals surface area contributed by atoms with Gasteiger partial charge in [-0.25, -0.2) is 15.1 Å². The average Bonchev–Trinajstić information content (AvgIpc) is 3.55. The normalized spacial score (nSPS) is 11.1. The number of aromatic nitrogens is 3. The van der Waals surface area contributed by atoms with Crippen LogP contribution in [-0.2, 0) is 0 Å². The molecule has 3 aromatic carbocycles. The van der Waals surface area contributed by atoms with Gasteiger partial charge in [0.05, 0.1) is 21.9 Å². The van der Waals surface area contributed by atoms with Crippen molar-refractivity contribution in [1.29, 1.82) is 0 Å². The Bertz CT molecular complexity index is 1450. The van der Waals surface area contributed by atoms with Crippen molar-refractivity contribution in [3.05, 3.63) is 113 Å². The molecule has 7 nitrogen and oxygen atoms in total. The highest BCUT2D eigenvalue weighted by Crippen LogP contribution is 2.29. The number of para-hydroxylation sites is 1. The molecule has 0 aliphatic carbocycles. The molecule has 0 bridgehead atoms. The largest absolute Gasteiger partial charge is 0.455 e. The summed E-state index contributed by atoms with van der Waals surface area (Å²) in [4.78, 5) is 17.2. The second-order valence-corrected chi connectivity index (χ2v) is 8.22. The molecule has 2 aromatic heterocycles. The van der Waals surface area contributed by atoms with Crippen molar-refractivity contribution in [3.8, 4) is 28.4 Å². The first-order valence-corrected chi connectivity index (χ1v) is 11.3. The van der Waals surface area contributed by atoms with Crippen LogP contribution < -0.4 is 5.43 Å². The molecular formula is C26H17Cl2N5O2. The fourth-order valence-electron chi connectivity index (χ4n) is 3.36. The van der Waals surface area contributed by atoms with Crippen LogP contribution in [0.1, 0.15) is 16.4 Å². The Morgan fingerprint density at radius 1 is 0.886 bits per heavy atom. The second kappa shape index (κ2) is 9.97. The summed E-state index contributed by atoms with van der Waals surface area (Å²) in [6.07, 6.45) is 1.39. The van der Waals surface area contributed by atoms with E-state index >= 15 is 0 Å². The minimum Gasteiger partial charge on any atom is -0.455 e. The van der Waals surface area contributed by atoms with Crippen LogP contribution in [0.2, 0.25) is 10.0 Å². The van der Waals surface area contributed by atoms with Gasteiger partial charge in [-0.15, -0.1) is 5.10 Å². The van der Waals surface area contributed by atoms with Crippen LogP contribution in [-0.4, -0.2) is 26.9 Å². The van der Waals surface area contributed by atoms with Gasteiger partial charge in [0.25, 0.3) is 0 Å². The third-order valence-corrected chi connectivity index (χ3v) is 5.77. The molecule has 0 saturated heterocycles. The molecule has 9 heteroatoms. The first kappa shape index (κ1) is 22.6. The number of nitrogens with one attached hydrogen (secondary N) is 1. The molecule has 0 aliphatic heterocycles. The zero-order chi connectivity index (χ0) is 24.2. The molecule has 35 heavy (non-hydrogen) atoms. The highest BCUT2D eigenvalue weighted by molar-refractivity contribution is 6.42. The maximum Gasteiger partial charge on any atom is 0.311 e. The Kier molecular flexibility index (Phi) is 6.43. The zero-order valence-electron chi connectivity index (χ0n) is 18.1. The van der Waals surface area contributed by atoms with Gasteiger partial charge in [0.1, 0.15) is 11.5 Å². The SMILES string of the molecule is O=C(N/N=C/c1ccc(-c2ccc(Cl)c(Cl)c2)o1)c1nc(-c2ccccc2)n(-c2ccccc2)n1. The van der Waals surface area contributed by atoms with Gasteiger partial charge in [0.15, 0.2) is 5.82 Å². The second-order valence-electron chi connectivity index (χ2n) is 7.40. The highest BCUT2D eigenvalue weighted by atomic mass is 35.5. The van der Waals surface area contributed by atoms with Gasteiger partial charge >= 0.3 is 5.91 Å². The molecule has 1 amide bonds. The minimum absolute atomic E-state index is 0.0132. The van der Waals surface area contributed by atoms with Gasteiger partial charge in [0, 0.05) is 11.1 Å². The lowest BCUT2D eigenvalue weighted by Gasteiger charge is -2.05. The number of halogens is 2. The number of hydrogen-bond donors (Lipinski definition) is 1. The van der Waals surface area contributed by atoms with E-state index in [-0.39, 0.29) is 5.82 Å². The van der Waals surface area contributed by atoms with Crippen molar-refractivity contribution in [2.24, 2.45) is 5.10 Å². The topological polar surface area (TPSA) is 85.3 Å². The summed E-state index contributed by atoms with van der Waals surface area (Å²) in [5.74, 6) is 1.01. The summed E-state index contributed by atoms with van der Waals surface area (Å²) in [6, 6.07) is 27.7. The predicted molar refractivity (Wildman–Crippen MR) is 136 cm³/mol. The van der Waals surface area contributed by atoms with Gasteiger partial charge in [-0.3, -0.25) is 4.79 Å². The van der Waals surface area contributed by atoms with E-state index in [2.05, 4.69) is 20.6 Å². The Hall–Kier alpha value is -4.20. The van der Waals surface area contributed by atoms with Crippen LogP contribution in [0.4, 0.5) is 0 Å². The standard InChI is InChI=1S/C26H17Cl2N5O2/c27-21-13-11-18(15-22(21)28)23-14-12-20(35-23)16-29-31-26(34)24-30-25(17-7-3-1-4-8-17)33(32-24)19-9-5-2-6-10-19/h1-16H,(H,31,34)/b29-16+. The fraction of sp³-hybridized carbons (Fsp3) is 0. The van der Waals surface area contributed by atoms with E-state index in [9.17, 15) is 4.79 Å². The number of nitrogens with zero attached hydrogens (tertiary/aromatic N) is 4. The number of carbonyl (C=O) groups is 1. The first-order valence-electron chi connectivity index (χ1n) is 10.5. The highest BCUT2D eigenvalue weighted by Gasteiger charge is 2.18. The van der Waals surface area contributed by atoms with E-state index in [0.717, 1.165) is 16.8 Å². The predicted octanol–water partition coefficient (Wildman–Crippen LogP) is 6.27. The van der Waals surface area contributed by atoms with Crippen LogP contribution in [0.15, 0.2) is 101 Å². The van der Waals surface area contributed by atoms with Gasteiger partial charge in [-0.05, 0) is 42.5 Å². The summed E-state index contributed by atoms with van der Waals surface area (Å²) < 4.78 is 7.38. The Morgan fingerprint density at radius 3 is 2.37 bits per heavy atom. The smallest absolute Gasteiger partial charge is 0.311 e. The molecule has 0 atom stereocenters. The number of hydrazone groups is 1. The monoisotopic (exact) mass is 501 g/mol. The average molecular weight is 502 g/mol. The lowest BCUT2D eigenvalue weighted by molar-refractivity contribution is 0.0945. The molecular weight excluding hydrogens is 485 g/mol. The van der Waals surface area contributed by atoms with E-state index in [0.29, 0.717) is 27.4 Å². The summed E-state index contributed by atoms with van der Waals surface area (Å²) >= 11 is 12.0. The minimum atomic E-state index is -0.552. The molecule has 0 radical (unpaired) electrons. The number of hydrogen-bond acceptors (Lipinski definition) is 5. The van der Waals surface area contributed by atoms with E-state index in [4.69, 9.17) is 27.6 Å². The zero-order valence-corrected chi connectivity index (χ0v) is 19.6. The summed E-state index contributed by atoms with van der Waals surface area (Å²) in [5.41, 5.74) is 4.84. The van der Waals surface area contributed by atoms with Crippen LogP contribution in [0.25, 0.3) is 28.4 Å². The molecule has 0 saturated carbocycles. The molecule has 0 unspecified atom stereocenters. The summed E-state index contributed by atoms with van der Waals surface area (Å²) in [6.45, 7) is 0. The Labute approximate surface area is 210 Å². The van der Waals surface area contributed by atoms with E-state index in [1.54, 1.807) is 35.0 Å². The maximum absolute atomic E-state index is 12.7. The van der Waals surface area contributed by atoms with Crippen molar-refractivity contribution in [2.45, 2.75) is 0 Å². The number of furan rings is 1. The van der Waals surface area contributed by atoms with Crippen molar-refractivity contribution < 1.29 is 9.21 Å². The summed E-state index contributed by atoms with van der Waals surface area (Å²) in [5, 5.41) is 9.29. The number of carbonyl (C=O) groups excluding carboxylic acids is 1. The molecule has 172 valence electrons. The number of benzene rings is 3. The van der Waals surface area contributed by atoms with Crippen molar-refractivity contribution in [3.63, 3.8) is 0 Å². The van der Waals surface area contributed by atoms with E-state index < -0.39 is 5.91 Å². The third kappa shape index (κ3) is 5.01. The third-order valence-electron chi connectivity index (χ3n) is 5.03. The molecule has 0 spiro atoms. The maximum atomic E-state index is 12.7. The fourth-order valence-corrected chi connectivity index (χ4v) is 3.66. The van der Waals surface area contributed by atoms with Crippen molar-refractivity contribution in [1.82, 2.24) is 20.2 Å². The quantitative estimate of drug-likeness (QED) is 0.219. The molecule has 0 aliphatic rings. The molecule has 0 fully saturated rings. The number of rotatable bonds is 6. The van der Waals surface area contributed by atoms with Crippen LogP contribution in [0.5, 0.6) is 0 Å². The molecule has 5 aromatic rings. The lowest BCUT2D eigenvalue weighted by atomic mass is 10.2. The van der Waals surface area contributed by atoms with E-state index in [1.807, 2.05) is 60.7 Å². The Morgan fingerprint density at radius 2 is 1.63 bits per heavy atom. The molecule has 1 N–H and O–H groups in total. The van der Waals surface area contributed by atoms with Crippen molar-refractivity contribution in [2.75, 3.05) is 0 Å². The van der Waals surface area contributed by atoms with Crippen molar-refractivity contribution >= 4 is 35.3 Å². The Balaban J connectivity index is 1.34. The van der Waals surface area contributed by atoms with Crippen LogP contribution in [0, 0.1) is 0 Å².